The zero-order valence-corrected chi connectivity index (χ0v) is 16.0. The second-order valence-corrected chi connectivity index (χ2v) is 6.92. The summed E-state index contributed by atoms with van der Waals surface area (Å²) in [5, 5.41) is 14.8. The zero-order chi connectivity index (χ0) is 19.3. The molecule has 0 radical (unpaired) electrons. The van der Waals surface area contributed by atoms with Gasteiger partial charge in [0.05, 0.1) is 0 Å². The van der Waals surface area contributed by atoms with Gasteiger partial charge in [0.1, 0.15) is 30.8 Å². The summed E-state index contributed by atoms with van der Waals surface area (Å²) in [6, 6.07) is 26.4. The molecule has 1 atom stereocenters. The van der Waals surface area contributed by atoms with E-state index < -0.39 is 6.10 Å². The summed E-state index contributed by atoms with van der Waals surface area (Å²) >= 11 is 0. The van der Waals surface area contributed by atoms with Crippen LogP contribution in [0.3, 0.4) is 0 Å². The third kappa shape index (κ3) is 3.95. The molecular weight excluding hydrogens is 348 g/mol. The molecule has 1 unspecified atom stereocenters. The normalized spacial score (nSPS) is 12.2. The van der Waals surface area contributed by atoms with E-state index in [2.05, 4.69) is 43.3 Å². The Kier molecular flexibility index (Phi) is 5.45. The molecule has 0 bridgehead atoms. The molecule has 0 aromatic heterocycles. The van der Waals surface area contributed by atoms with Crippen molar-refractivity contribution < 1.29 is 14.6 Å². The molecule has 0 spiro atoms. The number of aryl methyl sites for hydroxylation is 1. The number of hydrogen-bond acceptors (Lipinski definition) is 3. The smallest absolute Gasteiger partial charge is 0.135 e. The van der Waals surface area contributed by atoms with Gasteiger partial charge in [0.2, 0.25) is 0 Å². The summed E-state index contributed by atoms with van der Waals surface area (Å²) in [4.78, 5) is 0. The Morgan fingerprint density at radius 2 is 1.46 bits per heavy atom. The average molecular weight is 372 g/mol. The van der Waals surface area contributed by atoms with Crippen LogP contribution in [0.2, 0.25) is 0 Å². The van der Waals surface area contributed by atoms with E-state index in [1.807, 2.05) is 42.5 Å². The van der Waals surface area contributed by atoms with Crippen LogP contribution in [-0.4, -0.2) is 24.4 Å². The van der Waals surface area contributed by atoms with Crippen molar-refractivity contribution in [1.82, 2.24) is 0 Å². The van der Waals surface area contributed by atoms with Gasteiger partial charge >= 0.3 is 0 Å². The van der Waals surface area contributed by atoms with E-state index in [-0.39, 0.29) is 13.2 Å². The zero-order valence-electron chi connectivity index (χ0n) is 16.0. The molecule has 0 fully saturated rings. The lowest BCUT2D eigenvalue weighted by Gasteiger charge is -2.17. The van der Waals surface area contributed by atoms with E-state index in [0.717, 1.165) is 39.5 Å². The first kappa shape index (κ1) is 18.3. The molecule has 0 saturated carbocycles. The first-order valence-electron chi connectivity index (χ1n) is 9.67. The van der Waals surface area contributed by atoms with Crippen LogP contribution in [0.4, 0.5) is 0 Å². The molecule has 0 saturated heterocycles. The summed E-state index contributed by atoms with van der Waals surface area (Å²) in [6.45, 7) is 2.51. The van der Waals surface area contributed by atoms with Gasteiger partial charge in [-0.15, -0.1) is 0 Å². The Morgan fingerprint density at radius 3 is 2.29 bits per heavy atom. The monoisotopic (exact) mass is 372 g/mol. The van der Waals surface area contributed by atoms with Crippen molar-refractivity contribution in [2.75, 3.05) is 13.2 Å². The predicted molar refractivity (Wildman–Crippen MR) is 114 cm³/mol. The van der Waals surface area contributed by atoms with Gasteiger partial charge in [0.25, 0.3) is 0 Å². The van der Waals surface area contributed by atoms with Gasteiger partial charge in [-0.1, -0.05) is 61.5 Å². The Morgan fingerprint density at radius 1 is 0.750 bits per heavy atom. The highest BCUT2D eigenvalue weighted by Gasteiger charge is 2.13. The standard InChI is InChI=1S/C25H24O3/c1-2-18-12-13-20-15-19-8-6-7-11-23(19)25(24(20)14-18)28-17-21(26)16-27-22-9-4-3-5-10-22/h3-15,21,26H,2,16-17H2,1H3. The minimum atomic E-state index is -0.719. The molecule has 0 aliphatic carbocycles. The van der Waals surface area contributed by atoms with Crippen molar-refractivity contribution in [3.63, 3.8) is 0 Å². The number of hydrogen-bond donors (Lipinski definition) is 1. The molecule has 4 aromatic carbocycles. The molecule has 4 rings (SSSR count). The molecule has 1 N–H and O–H groups in total. The van der Waals surface area contributed by atoms with Crippen LogP contribution in [-0.2, 0) is 6.42 Å². The van der Waals surface area contributed by atoms with Crippen molar-refractivity contribution in [2.45, 2.75) is 19.4 Å². The molecule has 4 aromatic rings. The van der Waals surface area contributed by atoms with Crippen LogP contribution in [0.15, 0.2) is 78.9 Å². The molecule has 142 valence electrons. The number of aliphatic hydroxyl groups excluding tert-OH is 1. The van der Waals surface area contributed by atoms with E-state index in [9.17, 15) is 5.11 Å². The van der Waals surface area contributed by atoms with E-state index in [0.29, 0.717) is 0 Å². The second-order valence-electron chi connectivity index (χ2n) is 6.92. The first-order chi connectivity index (χ1) is 13.7. The molecule has 0 amide bonds. The van der Waals surface area contributed by atoms with Crippen LogP contribution in [0.1, 0.15) is 12.5 Å². The molecule has 28 heavy (non-hydrogen) atoms. The Balaban J connectivity index is 1.58. The van der Waals surface area contributed by atoms with Crippen molar-refractivity contribution in [1.29, 1.82) is 0 Å². The lowest BCUT2D eigenvalue weighted by Crippen LogP contribution is -2.25. The highest BCUT2D eigenvalue weighted by molar-refractivity contribution is 6.05. The van der Waals surface area contributed by atoms with E-state index in [4.69, 9.17) is 9.47 Å². The van der Waals surface area contributed by atoms with Crippen molar-refractivity contribution in [2.24, 2.45) is 0 Å². The van der Waals surface area contributed by atoms with Crippen LogP contribution < -0.4 is 9.47 Å². The van der Waals surface area contributed by atoms with Gasteiger partial charge in [-0.3, -0.25) is 0 Å². The summed E-state index contributed by atoms with van der Waals surface area (Å²) in [6.07, 6.45) is 0.249. The fraction of sp³-hybridized carbons (Fsp3) is 0.200. The van der Waals surface area contributed by atoms with Gasteiger partial charge in [0, 0.05) is 10.8 Å². The highest BCUT2D eigenvalue weighted by atomic mass is 16.5. The maximum Gasteiger partial charge on any atom is 0.135 e. The minimum absolute atomic E-state index is 0.173. The third-order valence-corrected chi connectivity index (χ3v) is 4.89. The fourth-order valence-electron chi connectivity index (χ4n) is 3.38. The molecule has 3 nitrogen and oxygen atoms in total. The predicted octanol–water partition coefficient (Wildman–Crippen LogP) is 5.37. The largest absolute Gasteiger partial charge is 0.491 e. The van der Waals surface area contributed by atoms with E-state index >= 15 is 0 Å². The molecule has 0 heterocycles. The summed E-state index contributed by atoms with van der Waals surface area (Å²) in [5.74, 6) is 1.56. The first-order valence-corrected chi connectivity index (χ1v) is 9.67. The van der Waals surface area contributed by atoms with Crippen molar-refractivity contribution in [3.8, 4) is 11.5 Å². The number of para-hydroxylation sites is 1. The SMILES string of the molecule is CCc1ccc2cc3ccccc3c(OCC(O)COc3ccccc3)c2c1. The highest BCUT2D eigenvalue weighted by Crippen LogP contribution is 2.35. The summed E-state index contributed by atoms with van der Waals surface area (Å²) in [7, 11) is 0. The van der Waals surface area contributed by atoms with Gasteiger partial charge in [-0.05, 0) is 47.0 Å². The average Bonchev–Trinajstić information content (AvgIpc) is 2.75. The molecule has 0 aliphatic heterocycles. The quantitative estimate of drug-likeness (QED) is 0.443. The summed E-state index contributed by atoms with van der Waals surface area (Å²) in [5.41, 5.74) is 1.26. The maximum absolute atomic E-state index is 10.4. The number of aliphatic hydroxyl groups is 1. The second kappa shape index (κ2) is 8.32. The number of rotatable bonds is 7. The lowest BCUT2D eigenvalue weighted by atomic mass is 9.99. The third-order valence-electron chi connectivity index (χ3n) is 4.89. The van der Waals surface area contributed by atoms with Gasteiger partial charge in [-0.25, -0.2) is 0 Å². The number of fused-ring (bicyclic) bond motifs is 2. The Bertz CT molecular complexity index is 1070. The Labute approximate surface area is 165 Å². The van der Waals surface area contributed by atoms with E-state index in [1.54, 1.807) is 0 Å². The van der Waals surface area contributed by atoms with E-state index in [1.165, 1.54) is 5.56 Å². The lowest BCUT2D eigenvalue weighted by molar-refractivity contribution is 0.0637. The Hall–Kier alpha value is -3.04. The minimum Gasteiger partial charge on any atom is -0.491 e. The molecular formula is C25H24O3. The number of ether oxygens (including phenoxy) is 2. The van der Waals surface area contributed by atoms with Crippen LogP contribution in [0, 0.1) is 0 Å². The van der Waals surface area contributed by atoms with Crippen molar-refractivity contribution >= 4 is 21.5 Å². The topological polar surface area (TPSA) is 38.7 Å². The number of benzene rings is 4. The fourth-order valence-corrected chi connectivity index (χ4v) is 3.38. The van der Waals surface area contributed by atoms with Crippen molar-refractivity contribution in [3.05, 3.63) is 84.4 Å². The molecule has 0 aliphatic rings. The van der Waals surface area contributed by atoms with Gasteiger partial charge < -0.3 is 14.6 Å². The van der Waals surface area contributed by atoms with Crippen LogP contribution in [0.25, 0.3) is 21.5 Å². The van der Waals surface area contributed by atoms with Gasteiger partial charge in [0.15, 0.2) is 0 Å². The maximum atomic E-state index is 10.4. The molecule has 3 heteroatoms. The van der Waals surface area contributed by atoms with Crippen LogP contribution >= 0.6 is 0 Å². The summed E-state index contributed by atoms with van der Waals surface area (Å²) < 4.78 is 11.8. The van der Waals surface area contributed by atoms with Crippen LogP contribution in [0.5, 0.6) is 11.5 Å². The van der Waals surface area contributed by atoms with Gasteiger partial charge in [-0.2, -0.15) is 0 Å².